The monoisotopic (exact) mass is 243 g/mol. The summed E-state index contributed by atoms with van der Waals surface area (Å²) in [6.07, 6.45) is 5.53. The SMILES string of the molecule is O=Cc1ccc(SCCc2ccncc2)cc1. The molecule has 0 atom stereocenters. The topological polar surface area (TPSA) is 30.0 Å². The number of aryl methyl sites for hydroxylation is 1. The molecular weight excluding hydrogens is 230 g/mol. The van der Waals surface area contributed by atoms with Crippen LogP contribution in [0.4, 0.5) is 0 Å². The smallest absolute Gasteiger partial charge is 0.150 e. The molecule has 0 unspecified atom stereocenters. The Hall–Kier alpha value is -1.61. The van der Waals surface area contributed by atoms with Crippen LogP contribution in [-0.4, -0.2) is 17.0 Å². The van der Waals surface area contributed by atoms with Crippen molar-refractivity contribution in [3.05, 3.63) is 59.9 Å². The van der Waals surface area contributed by atoms with Crippen LogP contribution in [0.1, 0.15) is 15.9 Å². The minimum Gasteiger partial charge on any atom is -0.298 e. The van der Waals surface area contributed by atoms with E-state index in [9.17, 15) is 4.79 Å². The second-order valence-electron chi connectivity index (χ2n) is 3.64. The molecule has 0 aliphatic rings. The molecule has 2 rings (SSSR count). The van der Waals surface area contributed by atoms with Crippen LogP contribution in [0.5, 0.6) is 0 Å². The summed E-state index contributed by atoms with van der Waals surface area (Å²) in [7, 11) is 0. The van der Waals surface area contributed by atoms with Crippen molar-refractivity contribution >= 4 is 18.0 Å². The summed E-state index contributed by atoms with van der Waals surface area (Å²) in [6.45, 7) is 0. The third-order valence-corrected chi connectivity index (χ3v) is 3.44. The molecule has 0 spiro atoms. The van der Waals surface area contributed by atoms with E-state index in [1.54, 1.807) is 11.8 Å². The van der Waals surface area contributed by atoms with Crippen molar-refractivity contribution in [2.24, 2.45) is 0 Å². The zero-order chi connectivity index (χ0) is 11.9. The number of hydrogen-bond donors (Lipinski definition) is 0. The molecular formula is C14H13NOS. The van der Waals surface area contributed by atoms with Crippen molar-refractivity contribution in [1.29, 1.82) is 0 Å². The molecule has 0 saturated carbocycles. The first-order valence-electron chi connectivity index (χ1n) is 5.45. The Balaban J connectivity index is 1.84. The molecule has 0 aliphatic heterocycles. The second kappa shape index (κ2) is 6.21. The summed E-state index contributed by atoms with van der Waals surface area (Å²) in [5.41, 5.74) is 2.03. The first-order chi connectivity index (χ1) is 8.38. The van der Waals surface area contributed by atoms with E-state index in [1.807, 2.05) is 48.8 Å². The normalized spacial score (nSPS) is 10.1. The van der Waals surface area contributed by atoms with E-state index in [0.717, 1.165) is 24.0 Å². The number of pyridine rings is 1. The third-order valence-electron chi connectivity index (χ3n) is 2.43. The fraction of sp³-hybridized carbons (Fsp3) is 0.143. The maximum Gasteiger partial charge on any atom is 0.150 e. The number of carbonyl (C=O) groups excluding carboxylic acids is 1. The van der Waals surface area contributed by atoms with Gasteiger partial charge in [0, 0.05) is 28.6 Å². The van der Waals surface area contributed by atoms with Crippen LogP contribution in [0.25, 0.3) is 0 Å². The van der Waals surface area contributed by atoms with Crippen LogP contribution in [-0.2, 0) is 6.42 Å². The van der Waals surface area contributed by atoms with Crippen LogP contribution in [0.2, 0.25) is 0 Å². The fourth-order valence-electron chi connectivity index (χ4n) is 1.48. The molecule has 0 saturated heterocycles. The molecule has 0 amide bonds. The first kappa shape index (κ1) is 11.9. The lowest BCUT2D eigenvalue weighted by Gasteiger charge is -2.02. The van der Waals surface area contributed by atoms with Gasteiger partial charge in [0.1, 0.15) is 6.29 Å². The van der Waals surface area contributed by atoms with Gasteiger partial charge in [0.25, 0.3) is 0 Å². The summed E-state index contributed by atoms with van der Waals surface area (Å²) >= 11 is 1.80. The number of aromatic nitrogens is 1. The highest BCUT2D eigenvalue weighted by Crippen LogP contribution is 2.19. The number of aldehydes is 1. The molecule has 2 aromatic rings. The van der Waals surface area contributed by atoms with Crippen LogP contribution in [0.15, 0.2) is 53.7 Å². The van der Waals surface area contributed by atoms with E-state index in [2.05, 4.69) is 4.98 Å². The maximum atomic E-state index is 10.5. The Morgan fingerprint density at radius 2 is 1.76 bits per heavy atom. The average molecular weight is 243 g/mol. The quantitative estimate of drug-likeness (QED) is 0.596. The van der Waals surface area contributed by atoms with E-state index >= 15 is 0 Å². The highest BCUT2D eigenvalue weighted by atomic mass is 32.2. The van der Waals surface area contributed by atoms with Gasteiger partial charge >= 0.3 is 0 Å². The predicted octanol–water partition coefficient (Wildman–Crippen LogP) is 3.23. The van der Waals surface area contributed by atoms with Crippen molar-refractivity contribution in [2.75, 3.05) is 5.75 Å². The molecule has 0 fully saturated rings. The number of thioether (sulfide) groups is 1. The Kier molecular flexibility index (Phi) is 4.33. The van der Waals surface area contributed by atoms with Gasteiger partial charge in [-0.2, -0.15) is 0 Å². The molecule has 1 aromatic heterocycles. The van der Waals surface area contributed by atoms with Crippen LogP contribution >= 0.6 is 11.8 Å². The van der Waals surface area contributed by atoms with Crippen molar-refractivity contribution in [3.8, 4) is 0 Å². The largest absolute Gasteiger partial charge is 0.298 e. The van der Waals surface area contributed by atoms with E-state index in [0.29, 0.717) is 0 Å². The molecule has 0 N–H and O–H groups in total. The summed E-state index contributed by atoms with van der Waals surface area (Å²) in [5, 5.41) is 0. The van der Waals surface area contributed by atoms with Gasteiger partial charge in [-0.25, -0.2) is 0 Å². The Morgan fingerprint density at radius 1 is 1.06 bits per heavy atom. The molecule has 3 heteroatoms. The molecule has 1 aromatic carbocycles. The standard InChI is InChI=1S/C14H13NOS/c16-11-13-1-3-14(4-2-13)17-10-7-12-5-8-15-9-6-12/h1-6,8-9,11H,7,10H2. The van der Waals surface area contributed by atoms with Gasteiger partial charge in [-0.05, 0) is 36.2 Å². The summed E-state index contributed by atoms with van der Waals surface area (Å²) in [5.74, 6) is 1.03. The highest BCUT2D eigenvalue weighted by molar-refractivity contribution is 7.99. The molecule has 0 bridgehead atoms. The van der Waals surface area contributed by atoms with Crippen LogP contribution < -0.4 is 0 Å². The highest BCUT2D eigenvalue weighted by Gasteiger charge is 1.96. The van der Waals surface area contributed by atoms with Crippen LogP contribution in [0.3, 0.4) is 0 Å². The summed E-state index contributed by atoms with van der Waals surface area (Å²) in [6, 6.07) is 11.7. The lowest BCUT2D eigenvalue weighted by molar-refractivity contribution is 0.112. The van der Waals surface area contributed by atoms with Crippen molar-refractivity contribution in [2.45, 2.75) is 11.3 Å². The van der Waals surface area contributed by atoms with E-state index in [4.69, 9.17) is 0 Å². The predicted molar refractivity (Wildman–Crippen MR) is 70.5 cm³/mol. The van der Waals surface area contributed by atoms with Gasteiger partial charge < -0.3 is 0 Å². The number of carbonyl (C=O) groups is 1. The number of rotatable bonds is 5. The molecule has 0 aliphatic carbocycles. The van der Waals surface area contributed by atoms with Gasteiger partial charge in [0.2, 0.25) is 0 Å². The maximum absolute atomic E-state index is 10.5. The number of nitrogens with zero attached hydrogens (tertiary/aromatic N) is 1. The van der Waals surface area contributed by atoms with E-state index in [1.165, 1.54) is 10.5 Å². The Morgan fingerprint density at radius 3 is 2.41 bits per heavy atom. The van der Waals surface area contributed by atoms with E-state index < -0.39 is 0 Å². The number of hydrogen-bond acceptors (Lipinski definition) is 3. The van der Waals surface area contributed by atoms with Crippen molar-refractivity contribution < 1.29 is 4.79 Å². The van der Waals surface area contributed by atoms with Gasteiger partial charge in [-0.1, -0.05) is 12.1 Å². The van der Waals surface area contributed by atoms with Gasteiger partial charge in [0.05, 0.1) is 0 Å². The average Bonchev–Trinajstić information content (AvgIpc) is 2.41. The summed E-state index contributed by atoms with van der Waals surface area (Å²) < 4.78 is 0. The zero-order valence-electron chi connectivity index (χ0n) is 9.37. The third kappa shape index (κ3) is 3.71. The minimum absolute atomic E-state index is 0.725. The molecule has 86 valence electrons. The van der Waals surface area contributed by atoms with E-state index in [-0.39, 0.29) is 0 Å². The first-order valence-corrected chi connectivity index (χ1v) is 6.44. The lowest BCUT2D eigenvalue weighted by atomic mass is 10.2. The number of benzene rings is 1. The Labute approximate surface area is 105 Å². The lowest BCUT2D eigenvalue weighted by Crippen LogP contribution is -1.88. The van der Waals surface area contributed by atoms with Crippen LogP contribution in [0, 0.1) is 0 Å². The van der Waals surface area contributed by atoms with Gasteiger partial charge in [0.15, 0.2) is 0 Å². The molecule has 17 heavy (non-hydrogen) atoms. The Bertz CT molecular complexity index is 467. The molecule has 0 radical (unpaired) electrons. The zero-order valence-corrected chi connectivity index (χ0v) is 10.2. The molecule has 2 nitrogen and oxygen atoms in total. The fourth-order valence-corrected chi connectivity index (χ4v) is 2.38. The van der Waals surface area contributed by atoms with Gasteiger partial charge in [-0.3, -0.25) is 9.78 Å². The molecule has 1 heterocycles. The summed E-state index contributed by atoms with van der Waals surface area (Å²) in [4.78, 5) is 15.7. The van der Waals surface area contributed by atoms with Crippen molar-refractivity contribution in [3.63, 3.8) is 0 Å². The second-order valence-corrected chi connectivity index (χ2v) is 4.81. The van der Waals surface area contributed by atoms with Crippen molar-refractivity contribution in [1.82, 2.24) is 4.98 Å². The van der Waals surface area contributed by atoms with Gasteiger partial charge in [-0.15, -0.1) is 11.8 Å². The minimum atomic E-state index is 0.725.